The molecule has 0 radical (unpaired) electrons. The Bertz CT molecular complexity index is 3530. The third-order valence-corrected chi connectivity index (χ3v) is 12.3. The minimum Gasteiger partial charge on any atom is -0.456 e. The van der Waals surface area contributed by atoms with Crippen molar-refractivity contribution in [1.82, 2.24) is 19.5 Å². The summed E-state index contributed by atoms with van der Waals surface area (Å²) < 4.78 is 11.1. The van der Waals surface area contributed by atoms with Crippen LogP contribution >= 0.6 is 11.3 Å². The highest BCUT2D eigenvalue weighted by atomic mass is 32.1. The number of nitrogens with zero attached hydrogens (tertiary/aromatic N) is 4. The number of furan rings is 1. The summed E-state index contributed by atoms with van der Waals surface area (Å²) >= 11 is 1.82. The summed E-state index contributed by atoms with van der Waals surface area (Å²) in [6, 6.07) is 63.8. The van der Waals surface area contributed by atoms with E-state index in [0.717, 1.165) is 49.7 Å². The predicted molar refractivity (Wildman–Crippen MR) is 236 cm³/mol. The van der Waals surface area contributed by atoms with Gasteiger partial charge in [-0.1, -0.05) is 140 Å². The highest BCUT2D eigenvalue weighted by Gasteiger charge is 2.21. The molecule has 0 fully saturated rings. The molecule has 0 saturated heterocycles. The van der Waals surface area contributed by atoms with Gasteiger partial charge in [0.1, 0.15) is 11.2 Å². The van der Waals surface area contributed by atoms with Crippen LogP contribution in [0.1, 0.15) is 0 Å². The summed E-state index contributed by atoms with van der Waals surface area (Å²) in [5.41, 5.74) is 10.4. The van der Waals surface area contributed by atoms with E-state index >= 15 is 0 Å². The van der Waals surface area contributed by atoms with E-state index in [2.05, 4.69) is 138 Å². The van der Waals surface area contributed by atoms with E-state index < -0.39 is 0 Å². The van der Waals surface area contributed by atoms with Crippen molar-refractivity contribution < 1.29 is 4.42 Å². The molecule has 12 rings (SSSR count). The summed E-state index contributed by atoms with van der Waals surface area (Å²) in [6.07, 6.45) is 0. The number of hydrogen-bond donors (Lipinski definition) is 0. The number of hydrogen-bond acceptors (Lipinski definition) is 5. The van der Waals surface area contributed by atoms with Crippen LogP contribution in [0.15, 0.2) is 186 Å². The molecule has 6 heteroatoms. The van der Waals surface area contributed by atoms with E-state index in [9.17, 15) is 0 Å². The molecule has 8 aromatic carbocycles. The van der Waals surface area contributed by atoms with Crippen LogP contribution in [0.3, 0.4) is 0 Å². The Morgan fingerprint density at radius 3 is 1.86 bits per heavy atom. The lowest BCUT2D eigenvalue weighted by atomic mass is 9.99. The third kappa shape index (κ3) is 4.98. The molecule has 0 aliphatic rings. The maximum atomic E-state index is 6.28. The van der Waals surface area contributed by atoms with Crippen LogP contribution in [-0.4, -0.2) is 19.5 Å². The van der Waals surface area contributed by atoms with Gasteiger partial charge in [0, 0.05) is 64.1 Å². The Balaban J connectivity index is 1.08. The molecular formula is C51H30N4OS. The van der Waals surface area contributed by atoms with Gasteiger partial charge in [0.05, 0.1) is 11.0 Å². The lowest BCUT2D eigenvalue weighted by molar-refractivity contribution is 0.669. The maximum Gasteiger partial charge on any atom is 0.164 e. The number of thiophene rings is 1. The van der Waals surface area contributed by atoms with E-state index in [1.54, 1.807) is 0 Å². The molecule has 0 amide bonds. The molecule has 0 N–H and O–H groups in total. The molecule has 0 bridgehead atoms. The monoisotopic (exact) mass is 746 g/mol. The Kier molecular flexibility index (Phi) is 7.03. The van der Waals surface area contributed by atoms with Crippen LogP contribution in [-0.2, 0) is 0 Å². The zero-order chi connectivity index (χ0) is 37.5. The molecule has 0 aliphatic carbocycles. The van der Waals surface area contributed by atoms with Gasteiger partial charge in [0.25, 0.3) is 0 Å². The normalized spacial score (nSPS) is 11.9. The van der Waals surface area contributed by atoms with Gasteiger partial charge in [-0.3, -0.25) is 0 Å². The van der Waals surface area contributed by atoms with Crippen molar-refractivity contribution in [2.45, 2.75) is 0 Å². The van der Waals surface area contributed by atoms with Gasteiger partial charge in [-0.2, -0.15) is 0 Å². The van der Waals surface area contributed by atoms with Crippen LogP contribution in [0.5, 0.6) is 0 Å². The Labute approximate surface area is 330 Å². The van der Waals surface area contributed by atoms with Crippen molar-refractivity contribution in [2.75, 3.05) is 0 Å². The second-order valence-corrected chi connectivity index (χ2v) is 15.4. The summed E-state index contributed by atoms with van der Waals surface area (Å²) in [5, 5.41) is 6.84. The third-order valence-electron chi connectivity index (χ3n) is 11.1. The van der Waals surface area contributed by atoms with E-state index in [-0.39, 0.29) is 0 Å². The summed E-state index contributed by atoms with van der Waals surface area (Å²) in [6.45, 7) is 0. The van der Waals surface area contributed by atoms with Crippen LogP contribution < -0.4 is 0 Å². The number of rotatable bonds is 5. The number of fused-ring (bicyclic) bond motifs is 9. The van der Waals surface area contributed by atoms with E-state index in [1.165, 1.54) is 47.7 Å². The lowest BCUT2D eigenvalue weighted by Crippen LogP contribution is -2.00. The fourth-order valence-corrected chi connectivity index (χ4v) is 9.81. The summed E-state index contributed by atoms with van der Waals surface area (Å²) in [7, 11) is 0. The van der Waals surface area contributed by atoms with E-state index in [1.807, 2.05) is 59.9 Å². The van der Waals surface area contributed by atoms with Gasteiger partial charge in [0.15, 0.2) is 17.5 Å². The SMILES string of the molecule is c1ccc(-c2nc(-c3cccc4oc5ccccc5c34)nc(-c3cccc4sc5c(-c6ccc7c8ccccc8n(-c8ccccc8)c7c6)cccc5c34)n2)cc1. The smallest absolute Gasteiger partial charge is 0.164 e. The van der Waals surface area contributed by atoms with Crippen LogP contribution in [0.25, 0.3) is 115 Å². The molecule has 0 spiro atoms. The largest absolute Gasteiger partial charge is 0.456 e. The summed E-state index contributed by atoms with van der Waals surface area (Å²) in [4.78, 5) is 15.6. The number of para-hydroxylation sites is 3. The Morgan fingerprint density at radius 2 is 1.02 bits per heavy atom. The van der Waals surface area contributed by atoms with Gasteiger partial charge in [0.2, 0.25) is 0 Å². The van der Waals surface area contributed by atoms with Crippen molar-refractivity contribution in [3.63, 3.8) is 0 Å². The molecule has 266 valence electrons. The quantitative estimate of drug-likeness (QED) is 0.176. The second kappa shape index (κ2) is 12.6. The first-order valence-electron chi connectivity index (χ1n) is 19.0. The van der Waals surface area contributed by atoms with Crippen molar-refractivity contribution in [3.05, 3.63) is 182 Å². The minimum absolute atomic E-state index is 0.607. The molecule has 4 heterocycles. The fourth-order valence-electron chi connectivity index (χ4n) is 8.55. The van der Waals surface area contributed by atoms with Crippen molar-refractivity contribution in [3.8, 4) is 51.0 Å². The first kappa shape index (κ1) is 31.9. The molecule has 0 saturated carbocycles. The second-order valence-electron chi connectivity index (χ2n) is 14.3. The molecule has 57 heavy (non-hydrogen) atoms. The molecular weight excluding hydrogens is 717 g/mol. The molecule has 12 aromatic rings. The average Bonchev–Trinajstić information content (AvgIpc) is 3.96. The molecule has 0 aliphatic heterocycles. The first-order chi connectivity index (χ1) is 28.3. The lowest BCUT2D eigenvalue weighted by Gasteiger charge is -2.10. The Hall–Kier alpha value is -7.41. The Morgan fingerprint density at radius 1 is 0.404 bits per heavy atom. The zero-order valence-electron chi connectivity index (χ0n) is 30.4. The molecule has 4 aromatic heterocycles. The number of aromatic nitrogens is 4. The highest BCUT2D eigenvalue weighted by Crippen LogP contribution is 2.45. The summed E-state index contributed by atoms with van der Waals surface area (Å²) in [5.74, 6) is 1.86. The topological polar surface area (TPSA) is 56.7 Å². The minimum atomic E-state index is 0.607. The predicted octanol–water partition coefficient (Wildman–Crippen LogP) is 13.9. The van der Waals surface area contributed by atoms with Crippen molar-refractivity contribution in [2.24, 2.45) is 0 Å². The van der Waals surface area contributed by atoms with Crippen LogP contribution in [0, 0.1) is 0 Å². The van der Waals surface area contributed by atoms with Crippen molar-refractivity contribution >= 4 is 75.3 Å². The van der Waals surface area contributed by atoms with Crippen molar-refractivity contribution in [1.29, 1.82) is 0 Å². The number of benzene rings is 8. The van der Waals surface area contributed by atoms with Crippen LogP contribution in [0.2, 0.25) is 0 Å². The highest BCUT2D eigenvalue weighted by molar-refractivity contribution is 7.26. The maximum absolute atomic E-state index is 6.28. The zero-order valence-corrected chi connectivity index (χ0v) is 31.2. The molecule has 0 unspecified atom stereocenters. The average molecular weight is 747 g/mol. The fraction of sp³-hybridized carbons (Fsp3) is 0. The first-order valence-corrected chi connectivity index (χ1v) is 19.8. The molecule has 0 atom stereocenters. The molecule has 5 nitrogen and oxygen atoms in total. The van der Waals surface area contributed by atoms with Gasteiger partial charge in [-0.25, -0.2) is 15.0 Å². The standard InChI is InChI=1S/C51H30N4OS/c1-3-14-31(15-4-1)49-52-50(39-22-12-26-44-46(39)37-19-8-10-25-43(37)56-44)54-51(53-49)40-23-13-27-45-47(40)38-21-11-20-34(48(38)57-45)32-28-29-36-35-18-7-9-24-41(35)55(42(36)30-32)33-16-5-2-6-17-33/h1-30H. The van der Waals surface area contributed by atoms with Crippen LogP contribution in [0.4, 0.5) is 0 Å². The van der Waals surface area contributed by atoms with Gasteiger partial charge in [-0.05, 0) is 53.6 Å². The van der Waals surface area contributed by atoms with Gasteiger partial charge < -0.3 is 8.98 Å². The van der Waals surface area contributed by atoms with Gasteiger partial charge >= 0.3 is 0 Å². The van der Waals surface area contributed by atoms with E-state index in [4.69, 9.17) is 19.4 Å². The van der Waals surface area contributed by atoms with E-state index in [0.29, 0.717) is 17.5 Å². The van der Waals surface area contributed by atoms with Gasteiger partial charge in [-0.15, -0.1) is 11.3 Å².